The van der Waals surface area contributed by atoms with Gasteiger partial charge in [0.05, 0.1) is 40.3 Å². The molecule has 0 amide bonds. The Morgan fingerprint density at radius 2 is 0.947 bits per heavy atom. The lowest BCUT2D eigenvalue weighted by atomic mass is 10.1. The molecule has 0 aliphatic rings. The number of ether oxygens (including phenoxy) is 3. The molecule has 0 radical (unpaired) electrons. The first-order valence-corrected chi connectivity index (χ1v) is 23.2. The number of nitrogens with zero attached hydrogens (tertiary/aromatic N) is 1. The maximum absolute atomic E-state index is 12.7. The van der Waals surface area contributed by atoms with Gasteiger partial charge in [-0.05, 0) is 70.6 Å². The first-order chi connectivity index (χ1) is 27.6. The molecule has 0 heterocycles. The molecule has 0 saturated carbocycles. The van der Waals surface area contributed by atoms with Crippen LogP contribution in [0.4, 0.5) is 0 Å². The van der Waals surface area contributed by atoms with Crippen molar-refractivity contribution in [2.75, 3.05) is 41.0 Å². The Hall–Kier alpha value is -2.71. The molecule has 0 saturated heterocycles. The van der Waals surface area contributed by atoms with E-state index in [1.165, 1.54) is 103 Å². The Kier molecular flexibility index (Phi) is 38.2. The van der Waals surface area contributed by atoms with E-state index in [9.17, 15) is 19.5 Å². The van der Waals surface area contributed by atoms with Gasteiger partial charge < -0.3 is 28.6 Å². The number of aliphatic carboxylic acids is 1. The van der Waals surface area contributed by atoms with Crippen LogP contribution in [0, 0.1) is 0 Å². The van der Waals surface area contributed by atoms with Gasteiger partial charge in [0.2, 0.25) is 0 Å². The zero-order valence-electron chi connectivity index (χ0n) is 37.5. The molecule has 2 atom stereocenters. The predicted octanol–water partition coefficient (Wildman–Crippen LogP) is 11.5. The van der Waals surface area contributed by atoms with Crippen molar-refractivity contribution in [1.82, 2.24) is 0 Å². The average Bonchev–Trinajstić information content (AvgIpc) is 3.17. The van der Waals surface area contributed by atoms with Gasteiger partial charge in [-0.25, -0.2) is 0 Å². The third-order valence-electron chi connectivity index (χ3n) is 10.2. The number of carbonyl (C=O) groups is 3. The second kappa shape index (κ2) is 40.1. The van der Waals surface area contributed by atoms with Crippen molar-refractivity contribution in [2.24, 2.45) is 0 Å². The van der Waals surface area contributed by atoms with Crippen LogP contribution in [0.25, 0.3) is 0 Å². The van der Waals surface area contributed by atoms with Crippen molar-refractivity contribution in [1.29, 1.82) is 0 Å². The number of carbonyl (C=O) groups excluding carboxylic acids is 3. The standard InChI is InChI=1S/C49H87NO7/c1-6-8-10-12-14-16-18-20-22-24-26-28-30-32-34-36-38-40-48(52)57-45(43-55-42-41-46(49(53)54)50(3,4)5)44-56-47(51)39-37-35-33-31-29-27-25-23-21-19-17-15-13-11-9-7-2/h20,22-23,25-26,28,32,34,45-46H,6-19,21,24,27,29-31,33,35-44H2,1-5H3/b22-20+,25-23+,28-26+,34-32+. The molecule has 0 aromatic carbocycles. The van der Waals surface area contributed by atoms with Crippen LogP contribution < -0.4 is 5.11 Å². The van der Waals surface area contributed by atoms with Gasteiger partial charge in [0.1, 0.15) is 12.6 Å². The Bertz CT molecular complexity index is 1070. The minimum atomic E-state index is -1.13. The molecule has 0 N–H and O–H groups in total. The van der Waals surface area contributed by atoms with E-state index in [-0.39, 0.29) is 49.1 Å². The number of allylic oxidation sites excluding steroid dienone is 8. The molecule has 0 fully saturated rings. The summed E-state index contributed by atoms with van der Waals surface area (Å²) >= 11 is 0. The maximum atomic E-state index is 12.7. The van der Waals surface area contributed by atoms with Crippen molar-refractivity contribution < 1.29 is 38.2 Å². The number of quaternary nitrogens is 1. The number of hydrogen-bond donors (Lipinski definition) is 0. The SMILES string of the molecule is CCCCCCCC/C=C/C/C=C/C/C=C/CCCC(=O)OC(COCCC(C(=O)[O-])[N+](C)(C)C)COC(=O)CCCCCCC/C=C/CCCCCCCCC. The van der Waals surface area contributed by atoms with E-state index in [1.54, 1.807) is 21.1 Å². The van der Waals surface area contributed by atoms with Crippen LogP contribution in [0.15, 0.2) is 48.6 Å². The molecule has 0 aromatic heterocycles. The largest absolute Gasteiger partial charge is 0.544 e. The van der Waals surface area contributed by atoms with Crippen molar-refractivity contribution in [2.45, 2.75) is 206 Å². The molecule has 0 aliphatic carbocycles. The third kappa shape index (κ3) is 38.6. The summed E-state index contributed by atoms with van der Waals surface area (Å²) in [7, 11) is 5.39. The smallest absolute Gasteiger partial charge is 0.306 e. The van der Waals surface area contributed by atoms with E-state index in [0.29, 0.717) is 12.8 Å². The fourth-order valence-electron chi connectivity index (χ4n) is 6.55. The number of unbranched alkanes of at least 4 members (excludes halogenated alkanes) is 19. The highest BCUT2D eigenvalue weighted by Crippen LogP contribution is 2.13. The molecule has 8 nitrogen and oxygen atoms in total. The number of hydrogen-bond acceptors (Lipinski definition) is 7. The molecule has 0 aromatic rings. The highest BCUT2D eigenvalue weighted by Gasteiger charge is 2.25. The molecule has 2 unspecified atom stereocenters. The van der Waals surface area contributed by atoms with Crippen molar-refractivity contribution in [3.8, 4) is 0 Å². The number of rotatable bonds is 41. The first-order valence-electron chi connectivity index (χ1n) is 23.2. The van der Waals surface area contributed by atoms with E-state index >= 15 is 0 Å². The van der Waals surface area contributed by atoms with Crippen LogP contribution in [0.5, 0.6) is 0 Å². The molecule has 0 aliphatic heterocycles. The fraction of sp³-hybridized carbons (Fsp3) is 0.776. The van der Waals surface area contributed by atoms with Gasteiger partial charge in [-0.1, -0.05) is 152 Å². The number of carboxylic acids is 1. The van der Waals surface area contributed by atoms with Crippen LogP contribution in [-0.2, 0) is 28.6 Å². The first kappa shape index (κ1) is 54.3. The summed E-state index contributed by atoms with van der Waals surface area (Å²) in [5.74, 6) is -1.81. The van der Waals surface area contributed by atoms with Crippen molar-refractivity contribution in [3.05, 3.63) is 48.6 Å². The normalized spacial score (nSPS) is 13.4. The van der Waals surface area contributed by atoms with E-state index in [1.807, 2.05) is 0 Å². The van der Waals surface area contributed by atoms with Gasteiger partial charge in [-0.3, -0.25) is 9.59 Å². The number of likely N-dealkylation sites (N-methyl/N-ethyl adjacent to an activating group) is 1. The summed E-state index contributed by atoms with van der Waals surface area (Å²) < 4.78 is 17.1. The van der Waals surface area contributed by atoms with E-state index < -0.39 is 18.1 Å². The van der Waals surface area contributed by atoms with E-state index in [0.717, 1.165) is 51.4 Å². The summed E-state index contributed by atoms with van der Waals surface area (Å²) in [6.07, 6.45) is 47.1. The van der Waals surface area contributed by atoms with E-state index in [2.05, 4.69) is 62.5 Å². The van der Waals surface area contributed by atoms with Gasteiger partial charge in [0, 0.05) is 19.3 Å². The van der Waals surface area contributed by atoms with Crippen LogP contribution in [0.3, 0.4) is 0 Å². The van der Waals surface area contributed by atoms with Crippen molar-refractivity contribution >= 4 is 17.9 Å². The Morgan fingerprint density at radius 1 is 0.526 bits per heavy atom. The molecule has 57 heavy (non-hydrogen) atoms. The Labute approximate surface area is 350 Å². The molecule has 330 valence electrons. The van der Waals surface area contributed by atoms with E-state index in [4.69, 9.17) is 14.2 Å². The number of carboxylic acid groups (broad SMARTS) is 1. The van der Waals surface area contributed by atoms with Gasteiger partial charge in [-0.2, -0.15) is 0 Å². The minimum Gasteiger partial charge on any atom is -0.544 e. The van der Waals surface area contributed by atoms with Crippen LogP contribution in [0.2, 0.25) is 0 Å². The third-order valence-corrected chi connectivity index (χ3v) is 10.2. The quantitative estimate of drug-likeness (QED) is 0.0262. The number of esters is 2. The highest BCUT2D eigenvalue weighted by molar-refractivity contribution is 5.70. The van der Waals surface area contributed by atoms with Gasteiger partial charge in [0.15, 0.2) is 6.10 Å². The lowest BCUT2D eigenvalue weighted by Crippen LogP contribution is -2.55. The zero-order chi connectivity index (χ0) is 42.1. The molecular weight excluding hydrogens is 715 g/mol. The average molecular weight is 802 g/mol. The lowest BCUT2D eigenvalue weighted by molar-refractivity contribution is -0.889. The Balaban J connectivity index is 4.42. The van der Waals surface area contributed by atoms with Crippen molar-refractivity contribution in [3.63, 3.8) is 0 Å². The molecule has 0 bridgehead atoms. The predicted molar refractivity (Wildman–Crippen MR) is 236 cm³/mol. The molecule has 8 heteroatoms. The van der Waals surface area contributed by atoms with Crippen LogP contribution in [-0.4, -0.2) is 75.5 Å². The van der Waals surface area contributed by atoms with Crippen LogP contribution >= 0.6 is 0 Å². The maximum Gasteiger partial charge on any atom is 0.306 e. The summed E-state index contributed by atoms with van der Waals surface area (Å²) in [6.45, 7) is 4.59. The fourth-order valence-corrected chi connectivity index (χ4v) is 6.55. The summed E-state index contributed by atoms with van der Waals surface area (Å²) in [5.41, 5.74) is 0. The zero-order valence-corrected chi connectivity index (χ0v) is 37.5. The molecule has 0 rings (SSSR count). The molecule has 0 spiro atoms. The van der Waals surface area contributed by atoms with Gasteiger partial charge >= 0.3 is 11.9 Å². The van der Waals surface area contributed by atoms with Crippen LogP contribution in [0.1, 0.15) is 194 Å². The second-order valence-electron chi connectivity index (χ2n) is 16.6. The second-order valence-corrected chi connectivity index (χ2v) is 16.6. The highest BCUT2D eigenvalue weighted by atomic mass is 16.6. The summed E-state index contributed by atoms with van der Waals surface area (Å²) in [6, 6.07) is -0.736. The minimum absolute atomic E-state index is 0.0178. The topological polar surface area (TPSA) is 102 Å². The monoisotopic (exact) mass is 802 g/mol. The molecular formula is C49H87NO7. The summed E-state index contributed by atoms with van der Waals surface area (Å²) in [4.78, 5) is 36.9. The Morgan fingerprint density at radius 3 is 1.44 bits per heavy atom. The van der Waals surface area contributed by atoms with Gasteiger partial charge in [-0.15, -0.1) is 0 Å². The lowest BCUT2D eigenvalue weighted by Gasteiger charge is -2.34. The summed E-state index contributed by atoms with van der Waals surface area (Å²) in [5, 5.41) is 11.6. The van der Waals surface area contributed by atoms with Gasteiger partial charge in [0.25, 0.3) is 0 Å².